The van der Waals surface area contributed by atoms with E-state index >= 15 is 0 Å². The lowest BCUT2D eigenvalue weighted by Crippen LogP contribution is -2.20. The van der Waals surface area contributed by atoms with Gasteiger partial charge in [-0.2, -0.15) is 0 Å². The number of benzene rings is 2. The van der Waals surface area contributed by atoms with Gasteiger partial charge in [-0.25, -0.2) is 13.6 Å². The van der Waals surface area contributed by atoms with Gasteiger partial charge in [0.15, 0.2) is 6.61 Å². The Balaban J connectivity index is 1.86. The van der Waals surface area contributed by atoms with Gasteiger partial charge in [-0.3, -0.25) is 4.79 Å². The van der Waals surface area contributed by atoms with Crippen molar-refractivity contribution >= 4 is 35.2 Å². The van der Waals surface area contributed by atoms with Gasteiger partial charge in [0.1, 0.15) is 11.6 Å². The van der Waals surface area contributed by atoms with Crippen LogP contribution in [0.15, 0.2) is 48.5 Å². The molecule has 0 aromatic heterocycles. The van der Waals surface area contributed by atoms with Crippen molar-refractivity contribution in [2.45, 2.75) is 0 Å². The number of hydrogen-bond acceptors (Lipinski definition) is 3. The summed E-state index contributed by atoms with van der Waals surface area (Å²) in [7, 11) is 0. The quantitative estimate of drug-likeness (QED) is 0.658. The number of carbonyl (C=O) groups is 2. The molecular weight excluding hydrogens is 340 g/mol. The molecule has 0 unspecified atom stereocenters. The van der Waals surface area contributed by atoms with Gasteiger partial charge in [-0.15, -0.1) is 0 Å². The molecule has 4 nitrogen and oxygen atoms in total. The summed E-state index contributed by atoms with van der Waals surface area (Å²) in [4.78, 5) is 23.1. The Morgan fingerprint density at radius 2 is 1.88 bits per heavy atom. The first-order valence-corrected chi connectivity index (χ1v) is 7.18. The molecule has 0 saturated heterocycles. The van der Waals surface area contributed by atoms with E-state index in [1.54, 1.807) is 6.07 Å². The van der Waals surface area contributed by atoms with Crippen molar-refractivity contribution in [1.29, 1.82) is 0 Å². The highest BCUT2D eigenvalue weighted by molar-refractivity contribution is 6.30. The predicted molar refractivity (Wildman–Crippen MR) is 86.4 cm³/mol. The molecule has 0 bridgehead atoms. The van der Waals surface area contributed by atoms with E-state index in [1.165, 1.54) is 36.4 Å². The van der Waals surface area contributed by atoms with Gasteiger partial charge in [0, 0.05) is 16.7 Å². The summed E-state index contributed by atoms with van der Waals surface area (Å²) >= 11 is 5.70. The van der Waals surface area contributed by atoms with Gasteiger partial charge < -0.3 is 10.1 Å². The van der Waals surface area contributed by atoms with Gasteiger partial charge in [0.2, 0.25) is 0 Å². The largest absolute Gasteiger partial charge is 0.452 e. The molecule has 0 saturated carbocycles. The molecule has 0 spiro atoms. The van der Waals surface area contributed by atoms with E-state index < -0.39 is 30.1 Å². The molecule has 0 fully saturated rings. The summed E-state index contributed by atoms with van der Waals surface area (Å²) in [5.41, 5.74) is 0.0883. The van der Waals surface area contributed by atoms with E-state index in [2.05, 4.69) is 5.32 Å². The number of carbonyl (C=O) groups excluding carboxylic acids is 2. The standard InChI is InChI=1S/C17H12ClF2NO3/c18-12-6-7-14(20)15(9-12)21-16(22)10-24-17(23)8-5-11-3-1-2-4-13(11)19/h1-9H,10H2,(H,21,22)/b8-5+. The van der Waals surface area contributed by atoms with Crippen LogP contribution >= 0.6 is 11.6 Å². The number of esters is 1. The maximum atomic E-state index is 13.4. The summed E-state index contributed by atoms with van der Waals surface area (Å²) in [6.07, 6.45) is 2.22. The lowest BCUT2D eigenvalue weighted by atomic mass is 10.2. The van der Waals surface area contributed by atoms with Crippen LogP contribution in [0.25, 0.3) is 6.08 Å². The highest BCUT2D eigenvalue weighted by atomic mass is 35.5. The van der Waals surface area contributed by atoms with Gasteiger partial charge >= 0.3 is 5.97 Å². The van der Waals surface area contributed by atoms with Crippen LogP contribution in [0, 0.1) is 11.6 Å². The monoisotopic (exact) mass is 351 g/mol. The van der Waals surface area contributed by atoms with E-state index in [1.807, 2.05) is 0 Å². The maximum absolute atomic E-state index is 13.4. The highest BCUT2D eigenvalue weighted by Gasteiger charge is 2.09. The molecular formula is C17H12ClF2NO3. The molecule has 2 rings (SSSR count). The number of nitrogens with one attached hydrogen (secondary N) is 1. The Kier molecular flexibility index (Phi) is 6.03. The third-order valence-electron chi connectivity index (χ3n) is 2.85. The molecule has 7 heteroatoms. The second-order valence-corrected chi connectivity index (χ2v) is 5.07. The number of amides is 1. The first-order chi connectivity index (χ1) is 11.5. The molecule has 0 aliphatic rings. The molecule has 0 atom stereocenters. The number of hydrogen-bond donors (Lipinski definition) is 1. The van der Waals surface area contributed by atoms with Gasteiger partial charge in [0.05, 0.1) is 5.69 Å². The van der Waals surface area contributed by atoms with Crippen molar-refractivity contribution in [2.75, 3.05) is 11.9 Å². The zero-order valence-corrected chi connectivity index (χ0v) is 13.0. The third-order valence-corrected chi connectivity index (χ3v) is 3.09. The average molecular weight is 352 g/mol. The van der Waals surface area contributed by atoms with E-state index in [-0.39, 0.29) is 16.3 Å². The zero-order valence-electron chi connectivity index (χ0n) is 12.3. The fourth-order valence-electron chi connectivity index (χ4n) is 1.73. The van der Waals surface area contributed by atoms with E-state index in [4.69, 9.17) is 16.3 Å². The minimum atomic E-state index is -0.833. The lowest BCUT2D eigenvalue weighted by Gasteiger charge is -2.06. The number of rotatable bonds is 5. The Morgan fingerprint density at radius 3 is 2.62 bits per heavy atom. The van der Waals surface area contributed by atoms with Crippen molar-refractivity contribution in [2.24, 2.45) is 0 Å². The predicted octanol–water partition coefficient (Wildman–Crippen LogP) is 3.81. The molecule has 0 aliphatic heterocycles. The molecule has 0 heterocycles. The van der Waals surface area contributed by atoms with Crippen LogP contribution in [0.2, 0.25) is 5.02 Å². The fraction of sp³-hybridized carbons (Fsp3) is 0.0588. The zero-order chi connectivity index (χ0) is 17.5. The van der Waals surface area contributed by atoms with Crippen molar-refractivity contribution in [1.82, 2.24) is 0 Å². The van der Waals surface area contributed by atoms with E-state index in [0.717, 1.165) is 12.1 Å². The van der Waals surface area contributed by atoms with Crippen LogP contribution in [-0.4, -0.2) is 18.5 Å². The van der Waals surface area contributed by atoms with Crippen molar-refractivity contribution < 1.29 is 23.1 Å². The minimum absolute atomic E-state index is 0.120. The molecule has 0 aliphatic carbocycles. The molecule has 1 N–H and O–H groups in total. The second kappa shape index (κ2) is 8.21. The summed E-state index contributed by atoms with van der Waals surface area (Å²) in [6, 6.07) is 9.52. The summed E-state index contributed by atoms with van der Waals surface area (Å²) in [5.74, 6) is -2.72. The van der Waals surface area contributed by atoms with Crippen LogP contribution in [-0.2, 0) is 14.3 Å². The second-order valence-electron chi connectivity index (χ2n) is 4.63. The van der Waals surface area contributed by atoms with E-state index in [0.29, 0.717) is 0 Å². The highest BCUT2D eigenvalue weighted by Crippen LogP contribution is 2.19. The summed E-state index contributed by atoms with van der Waals surface area (Å²) < 4.78 is 31.5. The SMILES string of the molecule is O=C(COC(=O)/C=C/c1ccccc1F)Nc1cc(Cl)ccc1F. The molecule has 2 aromatic rings. The van der Waals surface area contributed by atoms with Gasteiger partial charge in [0.25, 0.3) is 5.91 Å². The Labute approximate surface area is 141 Å². The Hall–Kier alpha value is -2.73. The van der Waals surface area contributed by atoms with Crippen molar-refractivity contribution in [3.8, 4) is 0 Å². The molecule has 124 valence electrons. The molecule has 24 heavy (non-hydrogen) atoms. The summed E-state index contributed by atoms with van der Waals surface area (Å²) in [6.45, 7) is -0.619. The number of ether oxygens (including phenoxy) is 1. The molecule has 2 aromatic carbocycles. The van der Waals surface area contributed by atoms with Crippen LogP contribution < -0.4 is 5.32 Å². The number of anilines is 1. The first-order valence-electron chi connectivity index (χ1n) is 6.80. The average Bonchev–Trinajstić information content (AvgIpc) is 2.55. The smallest absolute Gasteiger partial charge is 0.331 e. The maximum Gasteiger partial charge on any atom is 0.331 e. The lowest BCUT2D eigenvalue weighted by molar-refractivity contribution is -0.142. The van der Waals surface area contributed by atoms with Gasteiger partial charge in [-0.05, 0) is 30.3 Å². The fourth-order valence-corrected chi connectivity index (χ4v) is 1.90. The molecule has 1 amide bonds. The van der Waals surface area contributed by atoms with Crippen LogP contribution in [0.3, 0.4) is 0 Å². The van der Waals surface area contributed by atoms with Crippen LogP contribution in [0.1, 0.15) is 5.56 Å². The van der Waals surface area contributed by atoms with Gasteiger partial charge in [-0.1, -0.05) is 29.8 Å². The summed E-state index contributed by atoms with van der Waals surface area (Å²) in [5, 5.41) is 2.48. The topological polar surface area (TPSA) is 55.4 Å². The van der Waals surface area contributed by atoms with Crippen LogP contribution in [0.5, 0.6) is 0 Å². The molecule has 0 radical (unpaired) electrons. The van der Waals surface area contributed by atoms with Crippen molar-refractivity contribution in [3.05, 3.63) is 70.8 Å². The van der Waals surface area contributed by atoms with Crippen LogP contribution in [0.4, 0.5) is 14.5 Å². The number of halogens is 3. The Morgan fingerprint density at radius 1 is 1.12 bits per heavy atom. The first kappa shape index (κ1) is 17.6. The third kappa shape index (κ3) is 5.17. The minimum Gasteiger partial charge on any atom is -0.452 e. The Bertz CT molecular complexity index is 793. The normalized spacial score (nSPS) is 10.6. The van der Waals surface area contributed by atoms with Crippen molar-refractivity contribution in [3.63, 3.8) is 0 Å². The van der Waals surface area contributed by atoms with E-state index in [9.17, 15) is 18.4 Å².